The average molecular weight is 334 g/mol. The molecule has 0 aliphatic carbocycles. The summed E-state index contributed by atoms with van der Waals surface area (Å²) in [5, 5.41) is 4.00. The summed E-state index contributed by atoms with van der Waals surface area (Å²) in [6, 6.07) is 9.46. The number of furan rings is 1. The summed E-state index contributed by atoms with van der Waals surface area (Å²) < 4.78 is 11.7. The van der Waals surface area contributed by atoms with E-state index in [0.717, 1.165) is 15.6 Å². The summed E-state index contributed by atoms with van der Waals surface area (Å²) in [4.78, 5) is 4.36. The molecule has 0 saturated carbocycles. The molecule has 3 rings (SSSR count). The monoisotopic (exact) mass is 333 g/mol. The van der Waals surface area contributed by atoms with E-state index in [-0.39, 0.29) is 0 Å². The standard InChI is InChI=1S/C14H12BrN3O2/c1-8-6-9(15)2-4-11(8)13-17-14(20-18-13)12-5-3-10(7-16)19-12/h2-6H,7,16H2,1H3. The first kappa shape index (κ1) is 13.1. The normalized spacial score (nSPS) is 10.9. The molecule has 0 aliphatic heterocycles. The molecule has 6 heteroatoms. The van der Waals surface area contributed by atoms with Gasteiger partial charge in [-0.25, -0.2) is 0 Å². The molecule has 2 heterocycles. The van der Waals surface area contributed by atoms with Crippen LogP contribution < -0.4 is 5.73 Å². The second-order valence-corrected chi connectivity index (χ2v) is 5.27. The van der Waals surface area contributed by atoms with Gasteiger partial charge in [0, 0.05) is 10.0 Å². The zero-order valence-corrected chi connectivity index (χ0v) is 12.3. The van der Waals surface area contributed by atoms with Crippen LogP contribution in [0, 0.1) is 6.92 Å². The van der Waals surface area contributed by atoms with E-state index in [1.807, 2.05) is 25.1 Å². The predicted octanol–water partition coefficient (Wildman–Crippen LogP) is 3.53. The van der Waals surface area contributed by atoms with Gasteiger partial charge in [-0.1, -0.05) is 21.1 Å². The Morgan fingerprint density at radius 1 is 1.25 bits per heavy atom. The lowest BCUT2D eigenvalue weighted by atomic mass is 10.1. The van der Waals surface area contributed by atoms with E-state index in [1.54, 1.807) is 12.1 Å². The Balaban J connectivity index is 1.97. The third-order valence-corrected chi connectivity index (χ3v) is 3.42. The van der Waals surface area contributed by atoms with Gasteiger partial charge in [-0.05, 0) is 42.8 Å². The Hall–Kier alpha value is -1.92. The van der Waals surface area contributed by atoms with Gasteiger partial charge in [0.05, 0.1) is 6.54 Å². The van der Waals surface area contributed by atoms with Gasteiger partial charge in [-0.15, -0.1) is 0 Å². The summed E-state index contributed by atoms with van der Waals surface area (Å²) in [6.45, 7) is 2.34. The van der Waals surface area contributed by atoms with Crippen molar-refractivity contribution < 1.29 is 8.94 Å². The largest absolute Gasteiger partial charge is 0.455 e. The number of rotatable bonds is 3. The number of aryl methyl sites for hydroxylation is 1. The van der Waals surface area contributed by atoms with Crippen LogP contribution >= 0.6 is 15.9 Å². The van der Waals surface area contributed by atoms with Crippen molar-refractivity contribution in [3.63, 3.8) is 0 Å². The molecule has 102 valence electrons. The van der Waals surface area contributed by atoms with Crippen LogP contribution in [-0.4, -0.2) is 10.1 Å². The van der Waals surface area contributed by atoms with Gasteiger partial charge in [0.15, 0.2) is 5.76 Å². The molecule has 0 spiro atoms. The zero-order valence-electron chi connectivity index (χ0n) is 10.8. The topological polar surface area (TPSA) is 78.1 Å². The van der Waals surface area contributed by atoms with Gasteiger partial charge in [-0.2, -0.15) is 4.98 Å². The Morgan fingerprint density at radius 2 is 2.10 bits per heavy atom. The number of benzene rings is 1. The van der Waals surface area contributed by atoms with Crippen LogP contribution in [0.15, 0.2) is 43.7 Å². The first-order valence-electron chi connectivity index (χ1n) is 6.07. The third kappa shape index (κ3) is 2.39. The Morgan fingerprint density at radius 3 is 2.80 bits per heavy atom. The minimum atomic E-state index is 0.340. The minimum absolute atomic E-state index is 0.340. The van der Waals surface area contributed by atoms with Crippen LogP contribution in [-0.2, 0) is 6.54 Å². The molecule has 0 unspecified atom stereocenters. The molecule has 0 bridgehead atoms. The molecule has 1 aromatic carbocycles. The van der Waals surface area contributed by atoms with Gasteiger partial charge >= 0.3 is 0 Å². The van der Waals surface area contributed by atoms with E-state index < -0.39 is 0 Å². The molecule has 0 aliphatic rings. The number of halogens is 1. The van der Waals surface area contributed by atoms with Crippen LogP contribution in [0.5, 0.6) is 0 Å². The maximum absolute atomic E-state index is 5.51. The Labute approximate surface area is 123 Å². The maximum Gasteiger partial charge on any atom is 0.293 e. The van der Waals surface area contributed by atoms with Crippen molar-refractivity contribution >= 4 is 15.9 Å². The highest BCUT2D eigenvalue weighted by atomic mass is 79.9. The molecule has 0 radical (unpaired) electrons. The van der Waals surface area contributed by atoms with E-state index >= 15 is 0 Å². The van der Waals surface area contributed by atoms with Crippen molar-refractivity contribution in [1.82, 2.24) is 10.1 Å². The lowest BCUT2D eigenvalue weighted by molar-refractivity contribution is 0.412. The number of nitrogens with zero attached hydrogens (tertiary/aromatic N) is 2. The quantitative estimate of drug-likeness (QED) is 0.793. The Kier molecular flexibility index (Phi) is 3.42. The number of hydrogen-bond donors (Lipinski definition) is 1. The number of nitrogens with two attached hydrogens (primary N) is 1. The van der Waals surface area contributed by atoms with Crippen molar-refractivity contribution in [3.05, 3.63) is 46.1 Å². The first-order valence-corrected chi connectivity index (χ1v) is 6.86. The van der Waals surface area contributed by atoms with Crippen LogP contribution in [0.1, 0.15) is 11.3 Å². The maximum atomic E-state index is 5.51. The highest BCUT2D eigenvalue weighted by Crippen LogP contribution is 2.27. The highest BCUT2D eigenvalue weighted by molar-refractivity contribution is 9.10. The van der Waals surface area contributed by atoms with Crippen molar-refractivity contribution in [2.24, 2.45) is 5.73 Å². The molecule has 5 nitrogen and oxygen atoms in total. The van der Waals surface area contributed by atoms with Crippen LogP contribution in [0.4, 0.5) is 0 Å². The van der Waals surface area contributed by atoms with E-state index in [0.29, 0.717) is 29.8 Å². The molecule has 0 atom stereocenters. The lowest BCUT2D eigenvalue weighted by Gasteiger charge is -2.00. The smallest absolute Gasteiger partial charge is 0.293 e. The van der Waals surface area contributed by atoms with Gasteiger partial charge in [-0.3, -0.25) is 0 Å². The predicted molar refractivity (Wildman–Crippen MR) is 77.8 cm³/mol. The summed E-state index contributed by atoms with van der Waals surface area (Å²) in [5.74, 6) is 2.09. The molecule has 3 aromatic rings. The van der Waals surface area contributed by atoms with Crippen LogP contribution in [0.2, 0.25) is 0 Å². The molecule has 0 amide bonds. The number of hydrogen-bond acceptors (Lipinski definition) is 5. The molecule has 0 fully saturated rings. The fourth-order valence-electron chi connectivity index (χ4n) is 1.91. The molecular weight excluding hydrogens is 322 g/mol. The van der Waals surface area contributed by atoms with E-state index in [4.69, 9.17) is 14.7 Å². The molecule has 2 N–H and O–H groups in total. The minimum Gasteiger partial charge on any atom is -0.455 e. The lowest BCUT2D eigenvalue weighted by Crippen LogP contribution is -1.92. The summed E-state index contributed by atoms with van der Waals surface area (Å²) in [7, 11) is 0. The van der Waals surface area contributed by atoms with E-state index in [2.05, 4.69) is 26.1 Å². The molecule has 2 aromatic heterocycles. The SMILES string of the molecule is Cc1cc(Br)ccc1-c1noc(-c2ccc(CN)o2)n1. The second kappa shape index (κ2) is 5.22. The average Bonchev–Trinajstić information content (AvgIpc) is 3.07. The summed E-state index contributed by atoms with van der Waals surface area (Å²) >= 11 is 3.43. The fraction of sp³-hybridized carbons (Fsp3) is 0.143. The van der Waals surface area contributed by atoms with Crippen molar-refractivity contribution in [2.45, 2.75) is 13.5 Å². The van der Waals surface area contributed by atoms with Gasteiger partial charge in [0.25, 0.3) is 5.89 Å². The van der Waals surface area contributed by atoms with E-state index in [1.165, 1.54) is 0 Å². The van der Waals surface area contributed by atoms with Gasteiger partial charge in [0.2, 0.25) is 5.82 Å². The van der Waals surface area contributed by atoms with Crippen molar-refractivity contribution in [1.29, 1.82) is 0 Å². The summed E-state index contributed by atoms with van der Waals surface area (Å²) in [5.41, 5.74) is 7.50. The van der Waals surface area contributed by atoms with E-state index in [9.17, 15) is 0 Å². The first-order chi connectivity index (χ1) is 9.67. The van der Waals surface area contributed by atoms with Crippen molar-refractivity contribution in [3.8, 4) is 23.0 Å². The zero-order chi connectivity index (χ0) is 14.1. The summed E-state index contributed by atoms with van der Waals surface area (Å²) in [6.07, 6.45) is 0. The molecular formula is C14H12BrN3O2. The molecule has 20 heavy (non-hydrogen) atoms. The van der Waals surface area contributed by atoms with Gasteiger partial charge in [0.1, 0.15) is 5.76 Å². The highest BCUT2D eigenvalue weighted by Gasteiger charge is 2.15. The van der Waals surface area contributed by atoms with Crippen LogP contribution in [0.25, 0.3) is 23.0 Å². The van der Waals surface area contributed by atoms with Gasteiger partial charge < -0.3 is 14.7 Å². The second-order valence-electron chi connectivity index (χ2n) is 4.35. The fourth-order valence-corrected chi connectivity index (χ4v) is 2.39. The van der Waals surface area contributed by atoms with Crippen LogP contribution in [0.3, 0.4) is 0 Å². The Bertz CT molecular complexity index is 748. The molecule has 0 saturated heterocycles. The number of aromatic nitrogens is 2. The van der Waals surface area contributed by atoms with Crippen molar-refractivity contribution in [2.75, 3.05) is 0 Å². The third-order valence-electron chi connectivity index (χ3n) is 2.93.